The molecule has 138 valence electrons. The number of rotatable bonds is 2. The number of fused-ring (bicyclic) bond motifs is 3. The normalized spacial score (nSPS) is 16.6. The Kier molecular flexibility index (Phi) is 2.99. The highest BCUT2D eigenvalue weighted by Crippen LogP contribution is 2.42. The first-order valence-electron chi connectivity index (χ1n) is 11.8. The molecule has 1 aromatic carbocycles. The molecule has 0 saturated carbocycles. The first-order valence-corrected chi connectivity index (χ1v) is 9.34. The summed E-state index contributed by atoms with van der Waals surface area (Å²) in [6, 6.07) is 7.99. The fourth-order valence-electron chi connectivity index (χ4n) is 3.97. The van der Waals surface area contributed by atoms with E-state index in [2.05, 4.69) is 17.1 Å². The van der Waals surface area contributed by atoms with Crippen LogP contribution in [0.5, 0.6) is 0 Å². The lowest BCUT2D eigenvalue weighted by atomic mass is 9.85. The zero-order valence-electron chi connectivity index (χ0n) is 21.6. The van der Waals surface area contributed by atoms with Gasteiger partial charge in [-0.25, -0.2) is 4.57 Å². The molecule has 0 unspecified atom stereocenters. The molecule has 0 bridgehead atoms. The zero-order valence-corrected chi connectivity index (χ0v) is 16.6. The van der Waals surface area contributed by atoms with Crippen molar-refractivity contribution in [2.75, 3.05) is 0 Å². The minimum atomic E-state index is -2.42. The highest BCUT2D eigenvalue weighted by Gasteiger charge is 2.27. The van der Waals surface area contributed by atoms with Crippen LogP contribution in [0, 0.1) is 19.2 Å². The molecule has 2 heteroatoms. The summed E-state index contributed by atoms with van der Waals surface area (Å²) < 4.78 is 43.8. The van der Waals surface area contributed by atoms with Crippen LogP contribution in [-0.4, -0.2) is 4.98 Å². The Labute approximate surface area is 169 Å². The summed E-state index contributed by atoms with van der Waals surface area (Å²) in [7, 11) is 1.84. The minimum Gasteiger partial charge on any atom is -0.264 e. The van der Waals surface area contributed by atoms with Gasteiger partial charge in [0.05, 0.1) is 5.56 Å². The van der Waals surface area contributed by atoms with Gasteiger partial charge in [-0.1, -0.05) is 32.9 Å². The number of aromatic nitrogens is 2. The summed E-state index contributed by atoms with van der Waals surface area (Å²) in [5.41, 5.74) is 7.07. The molecule has 0 radical (unpaired) electrons. The summed E-state index contributed by atoms with van der Waals surface area (Å²) in [4.78, 5) is 4.29. The molecule has 3 aromatic rings. The maximum Gasteiger partial charge on any atom is 0.213 e. The Bertz CT molecular complexity index is 1220. The van der Waals surface area contributed by atoms with Gasteiger partial charge in [0.25, 0.3) is 0 Å². The zero-order chi connectivity index (χ0) is 23.6. The van der Waals surface area contributed by atoms with Crippen LogP contribution in [0.25, 0.3) is 22.4 Å². The quantitative estimate of drug-likeness (QED) is 0.439. The molecular weight excluding hydrogens is 328 g/mol. The van der Waals surface area contributed by atoms with Crippen molar-refractivity contribution < 1.29 is 11.4 Å². The van der Waals surface area contributed by atoms with E-state index in [0.29, 0.717) is 0 Å². The maximum atomic E-state index is 8.88. The van der Waals surface area contributed by atoms with Crippen molar-refractivity contribution in [1.29, 1.82) is 0 Å². The standard InChI is InChI=1S/C25H29N2/c1-16-7-8-20-21(11-18-9-10-26-14-22(18)20)24(16)23-12-19(13-25(3,4)5)17(2)15-27(23)6/h7-10,12,14-15H,11,13H2,1-6H3/q+1/i2D3,13D2. The fraction of sp³-hybridized carbons (Fsp3) is 0.360. The Morgan fingerprint density at radius 3 is 2.74 bits per heavy atom. The SMILES string of the molecule is [2H]C([2H])([2H])c1c[n+](C)c(-c2c(C)ccc3c2Cc2ccncc2-3)cc1C([2H])([2H])C(C)(C)C. The van der Waals surface area contributed by atoms with Gasteiger partial charge < -0.3 is 0 Å². The van der Waals surface area contributed by atoms with Gasteiger partial charge in [-0.3, -0.25) is 4.98 Å². The van der Waals surface area contributed by atoms with Crippen LogP contribution in [0.15, 0.2) is 42.9 Å². The highest BCUT2D eigenvalue weighted by atomic mass is 14.9. The number of hydrogen-bond donors (Lipinski definition) is 0. The Hall–Kier alpha value is -2.48. The minimum absolute atomic E-state index is 0.0568. The molecule has 2 heterocycles. The van der Waals surface area contributed by atoms with Gasteiger partial charge >= 0.3 is 0 Å². The molecular formula is C25H29N2+. The van der Waals surface area contributed by atoms with Gasteiger partial charge in [-0.05, 0) is 65.9 Å². The Morgan fingerprint density at radius 2 is 2.00 bits per heavy atom. The third-order valence-electron chi connectivity index (χ3n) is 5.13. The number of aryl methyl sites for hydroxylation is 3. The van der Waals surface area contributed by atoms with Crippen LogP contribution in [0.3, 0.4) is 0 Å². The molecule has 0 saturated heterocycles. The van der Waals surface area contributed by atoms with E-state index in [0.717, 1.165) is 34.4 Å². The molecule has 2 nitrogen and oxygen atoms in total. The van der Waals surface area contributed by atoms with Crippen LogP contribution < -0.4 is 4.57 Å². The predicted molar refractivity (Wildman–Crippen MR) is 112 cm³/mol. The van der Waals surface area contributed by atoms with E-state index in [-0.39, 0.29) is 11.1 Å². The van der Waals surface area contributed by atoms with Crippen LogP contribution in [-0.2, 0) is 19.8 Å². The lowest BCUT2D eigenvalue weighted by molar-refractivity contribution is -0.660. The first-order chi connectivity index (χ1) is 14.7. The fourth-order valence-corrected chi connectivity index (χ4v) is 3.97. The van der Waals surface area contributed by atoms with Crippen molar-refractivity contribution in [1.82, 2.24) is 4.98 Å². The van der Waals surface area contributed by atoms with Gasteiger partial charge in [0, 0.05) is 36.4 Å². The third kappa shape index (κ3) is 3.18. The number of nitrogens with zero attached hydrogens (tertiary/aromatic N) is 2. The number of benzene rings is 1. The summed E-state index contributed by atoms with van der Waals surface area (Å²) in [5, 5.41) is 0. The van der Waals surface area contributed by atoms with Gasteiger partial charge in [0.2, 0.25) is 5.69 Å². The van der Waals surface area contributed by atoms with Crippen LogP contribution in [0.2, 0.25) is 0 Å². The van der Waals surface area contributed by atoms with Gasteiger partial charge in [-0.2, -0.15) is 0 Å². The van der Waals surface area contributed by atoms with Gasteiger partial charge in [-0.15, -0.1) is 0 Å². The van der Waals surface area contributed by atoms with E-state index in [1.807, 2.05) is 30.8 Å². The lowest BCUT2D eigenvalue weighted by Gasteiger charge is -2.20. The summed E-state index contributed by atoms with van der Waals surface area (Å²) in [5.74, 6) is 0. The van der Waals surface area contributed by atoms with Crippen molar-refractivity contribution in [2.45, 2.75) is 47.3 Å². The summed E-state index contributed by atoms with van der Waals surface area (Å²) in [6.07, 6.45) is 4.22. The van der Waals surface area contributed by atoms with Crippen molar-refractivity contribution in [3.05, 3.63) is 70.7 Å². The summed E-state index contributed by atoms with van der Waals surface area (Å²) in [6.45, 7) is 5.04. The number of hydrogen-bond acceptors (Lipinski definition) is 1. The van der Waals surface area contributed by atoms with Crippen molar-refractivity contribution in [3.8, 4) is 22.4 Å². The van der Waals surface area contributed by atoms with E-state index in [9.17, 15) is 0 Å². The average Bonchev–Trinajstić information content (AvgIpc) is 3.05. The molecule has 0 fully saturated rings. The van der Waals surface area contributed by atoms with Crippen LogP contribution >= 0.6 is 0 Å². The molecule has 2 aromatic heterocycles. The molecule has 0 spiro atoms. The van der Waals surface area contributed by atoms with Crippen LogP contribution in [0.4, 0.5) is 0 Å². The van der Waals surface area contributed by atoms with E-state index >= 15 is 0 Å². The lowest BCUT2D eigenvalue weighted by Crippen LogP contribution is -2.32. The second-order valence-corrected chi connectivity index (χ2v) is 8.47. The van der Waals surface area contributed by atoms with Crippen molar-refractivity contribution >= 4 is 0 Å². The third-order valence-corrected chi connectivity index (χ3v) is 5.13. The molecule has 0 N–H and O–H groups in total. The monoisotopic (exact) mass is 362 g/mol. The second-order valence-electron chi connectivity index (χ2n) is 8.47. The Balaban J connectivity index is 2.03. The second kappa shape index (κ2) is 6.30. The molecule has 1 aliphatic carbocycles. The highest BCUT2D eigenvalue weighted by molar-refractivity contribution is 5.84. The van der Waals surface area contributed by atoms with E-state index in [1.54, 1.807) is 39.2 Å². The largest absolute Gasteiger partial charge is 0.264 e. The van der Waals surface area contributed by atoms with Crippen molar-refractivity contribution in [2.24, 2.45) is 12.5 Å². The topological polar surface area (TPSA) is 16.8 Å². The van der Waals surface area contributed by atoms with Gasteiger partial charge in [0.15, 0.2) is 6.20 Å². The molecule has 0 atom stereocenters. The van der Waals surface area contributed by atoms with Crippen LogP contribution in [0.1, 0.15) is 55.4 Å². The van der Waals surface area contributed by atoms with Gasteiger partial charge in [0.1, 0.15) is 7.05 Å². The smallest absolute Gasteiger partial charge is 0.213 e. The van der Waals surface area contributed by atoms with E-state index < -0.39 is 18.6 Å². The molecule has 0 amide bonds. The maximum absolute atomic E-state index is 8.88. The Morgan fingerprint density at radius 1 is 1.19 bits per heavy atom. The molecule has 1 aliphatic rings. The first kappa shape index (κ1) is 12.8. The summed E-state index contributed by atoms with van der Waals surface area (Å²) >= 11 is 0. The molecule has 0 aliphatic heterocycles. The number of pyridine rings is 2. The van der Waals surface area contributed by atoms with Crippen molar-refractivity contribution in [3.63, 3.8) is 0 Å². The average molecular weight is 363 g/mol. The van der Waals surface area contributed by atoms with E-state index in [4.69, 9.17) is 6.85 Å². The molecule has 4 rings (SSSR count). The van der Waals surface area contributed by atoms with E-state index in [1.165, 1.54) is 11.1 Å². The predicted octanol–water partition coefficient (Wildman–Crippen LogP) is 5.35. The molecule has 27 heavy (non-hydrogen) atoms.